The smallest absolute Gasteiger partial charge is 0.307 e. The largest absolute Gasteiger partial charge is 0.497 e. The van der Waals surface area contributed by atoms with Gasteiger partial charge in [0.25, 0.3) is 5.89 Å². The van der Waals surface area contributed by atoms with Crippen molar-refractivity contribution >= 4 is 11.8 Å². The van der Waals surface area contributed by atoms with E-state index in [0.29, 0.717) is 28.8 Å². The number of carbonyl (C=O) groups excluding carboxylic acids is 1. The minimum absolute atomic E-state index is 0.0283. The van der Waals surface area contributed by atoms with Gasteiger partial charge in [0.1, 0.15) is 11.5 Å². The highest BCUT2D eigenvalue weighted by molar-refractivity contribution is 5.98. The van der Waals surface area contributed by atoms with Crippen LogP contribution < -0.4 is 9.47 Å². The summed E-state index contributed by atoms with van der Waals surface area (Å²) >= 11 is 0. The van der Waals surface area contributed by atoms with Crippen molar-refractivity contribution in [2.45, 2.75) is 39.0 Å². The zero-order valence-corrected chi connectivity index (χ0v) is 26.0. The normalized spacial score (nSPS) is 12.0. The number of carboxylic acid groups (broad SMARTS) is 1. The number of benzene rings is 4. The Kier molecular flexibility index (Phi) is 9.13. The topological polar surface area (TPSA) is 112 Å². The van der Waals surface area contributed by atoms with Crippen molar-refractivity contribution in [2.24, 2.45) is 5.92 Å². The Balaban J connectivity index is 1.24. The first-order valence-electron chi connectivity index (χ1n) is 14.7. The Hall–Kier alpha value is -5.24. The molecule has 45 heavy (non-hydrogen) atoms. The minimum Gasteiger partial charge on any atom is -0.497 e. The molecule has 0 radical (unpaired) electrons. The fourth-order valence-corrected chi connectivity index (χ4v) is 5.11. The molecule has 1 N–H and O–H groups in total. The van der Waals surface area contributed by atoms with Crippen LogP contribution in [0.25, 0.3) is 34.0 Å². The first kappa shape index (κ1) is 31.2. The fourth-order valence-electron chi connectivity index (χ4n) is 5.11. The molecule has 1 aromatic heterocycles. The summed E-state index contributed by atoms with van der Waals surface area (Å²) in [5, 5.41) is 14.0. The van der Waals surface area contributed by atoms with Crippen LogP contribution in [0.3, 0.4) is 0 Å². The van der Waals surface area contributed by atoms with Gasteiger partial charge >= 0.3 is 5.97 Å². The maximum Gasteiger partial charge on any atom is 0.307 e. The van der Waals surface area contributed by atoms with E-state index in [2.05, 4.69) is 30.9 Å². The molecule has 1 heterocycles. The molecule has 230 valence electrons. The van der Waals surface area contributed by atoms with Gasteiger partial charge in [-0.2, -0.15) is 4.98 Å². The number of carboxylic acids is 1. The van der Waals surface area contributed by atoms with E-state index in [1.807, 2.05) is 78.9 Å². The van der Waals surface area contributed by atoms with Crippen LogP contribution in [0.4, 0.5) is 0 Å². The van der Waals surface area contributed by atoms with E-state index in [0.717, 1.165) is 33.4 Å². The summed E-state index contributed by atoms with van der Waals surface area (Å²) in [4.78, 5) is 29.5. The summed E-state index contributed by atoms with van der Waals surface area (Å²) in [6.07, 6.45) is 0.147. The molecule has 0 aliphatic heterocycles. The summed E-state index contributed by atoms with van der Waals surface area (Å²) in [6.45, 7) is 6.32. The van der Waals surface area contributed by atoms with Crippen LogP contribution in [0, 0.1) is 5.92 Å². The second-order valence-electron chi connectivity index (χ2n) is 12.0. The molecule has 1 atom stereocenters. The molecule has 0 saturated heterocycles. The molecule has 8 heteroatoms. The monoisotopic (exact) mass is 604 g/mol. The summed E-state index contributed by atoms with van der Waals surface area (Å²) < 4.78 is 16.4. The molecule has 0 saturated carbocycles. The summed E-state index contributed by atoms with van der Waals surface area (Å²) in [6, 6.07) is 28.2. The lowest BCUT2D eigenvalue weighted by Gasteiger charge is -2.19. The van der Waals surface area contributed by atoms with Gasteiger partial charge in [-0.3, -0.25) is 9.59 Å². The van der Waals surface area contributed by atoms with Gasteiger partial charge in [-0.15, -0.1) is 0 Å². The number of ether oxygens (including phenoxy) is 2. The maximum absolute atomic E-state index is 12.9. The van der Waals surface area contributed by atoms with Crippen LogP contribution >= 0.6 is 0 Å². The van der Waals surface area contributed by atoms with E-state index in [1.165, 1.54) is 0 Å². The Bertz CT molecular complexity index is 1780. The molecule has 4 aromatic carbocycles. The number of hydrogen-bond donors (Lipinski definition) is 1. The Morgan fingerprint density at radius 2 is 1.47 bits per heavy atom. The van der Waals surface area contributed by atoms with Gasteiger partial charge in [0.05, 0.1) is 20.1 Å². The van der Waals surface area contributed by atoms with E-state index >= 15 is 0 Å². The fraction of sp³-hybridized carbons (Fsp3) is 0.243. The highest BCUT2D eigenvalue weighted by atomic mass is 16.5. The number of hydrogen-bond acceptors (Lipinski definition) is 7. The van der Waals surface area contributed by atoms with Crippen molar-refractivity contribution in [2.75, 3.05) is 14.2 Å². The van der Waals surface area contributed by atoms with Gasteiger partial charge in [0.15, 0.2) is 5.78 Å². The molecule has 0 spiro atoms. The van der Waals surface area contributed by atoms with Crippen molar-refractivity contribution in [1.82, 2.24) is 10.1 Å². The van der Waals surface area contributed by atoms with Crippen LogP contribution in [0.5, 0.6) is 11.5 Å². The van der Waals surface area contributed by atoms with Gasteiger partial charge in [-0.05, 0) is 52.8 Å². The van der Waals surface area contributed by atoms with E-state index < -0.39 is 11.9 Å². The molecular weight excluding hydrogens is 568 g/mol. The van der Waals surface area contributed by atoms with Crippen LogP contribution in [0.15, 0.2) is 95.5 Å². The van der Waals surface area contributed by atoms with E-state index in [4.69, 9.17) is 14.0 Å². The Labute approximate surface area is 262 Å². The van der Waals surface area contributed by atoms with Crippen molar-refractivity contribution in [3.8, 4) is 45.5 Å². The number of nitrogens with zero attached hydrogens (tertiary/aromatic N) is 2. The lowest BCUT2D eigenvalue weighted by molar-refractivity contribution is -0.141. The Morgan fingerprint density at radius 1 is 0.822 bits per heavy atom. The maximum atomic E-state index is 12.9. The third kappa shape index (κ3) is 7.29. The molecule has 0 unspecified atom stereocenters. The quantitative estimate of drug-likeness (QED) is 0.151. The highest BCUT2D eigenvalue weighted by Crippen LogP contribution is 2.34. The summed E-state index contributed by atoms with van der Waals surface area (Å²) in [7, 11) is 3.24. The van der Waals surface area contributed by atoms with Gasteiger partial charge in [0, 0.05) is 34.7 Å². The van der Waals surface area contributed by atoms with E-state index in [1.54, 1.807) is 26.4 Å². The first-order chi connectivity index (χ1) is 21.5. The SMILES string of the molecule is COc1ccc(-c2ccc(-c3nc(-c4ccc(C[C@H](CC(=O)c5ccc(C(C)(C)C)cc5)C(=O)O)cc4)no3)cc2)c(OC)c1. The van der Waals surface area contributed by atoms with Crippen molar-refractivity contribution in [1.29, 1.82) is 0 Å². The Morgan fingerprint density at radius 3 is 2.07 bits per heavy atom. The van der Waals surface area contributed by atoms with Crippen molar-refractivity contribution in [3.05, 3.63) is 108 Å². The molecule has 0 amide bonds. The number of aliphatic carboxylic acids is 1. The number of methoxy groups -OCH3 is 2. The van der Waals surface area contributed by atoms with Gasteiger partial charge in [0.2, 0.25) is 5.82 Å². The van der Waals surface area contributed by atoms with E-state index in [9.17, 15) is 14.7 Å². The van der Waals surface area contributed by atoms with Crippen molar-refractivity contribution < 1.29 is 28.7 Å². The molecule has 5 rings (SSSR count). The first-order valence-corrected chi connectivity index (χ1v) is 14.7. The lowest BCUT2D eigenvalue weighted by atomic mass is 9.86. The lowest BCUT2D eigenvalue weighted by Crippen LogP contribution is -2.20. The zero-order chi connectivity index (χ0) is 32.1. The van der Waals surface area contributed by atoms with Crippen LogP contribution in [-0.2, 0) is 16.6 Å². The minimum atomic E-state index is -1.00. The predicted octanol–water partition coefficient (Wildman–Crippen LogP) is 7.90. The van der Waals surface area contributed by atoms with Crippen molar-refractivity contribution in [3.63, 3.8) is 0 Å². The second kappa shape index (κ2) is 13.2. The third-order valence-corrected chi connectivity index (χ3v) is 7.83. The van der Waals surface area contributed by atoms with Gasteiger partial charge in [-0.1, -0.05) is 86.6 Å². The molecule has 0 aliphatic rings. The van der Waals surface area contributed by atoms with Crippen LogP contribution in [-0.4, -0.2) is 41.2 Å². The van der Waals surface area contributed by atoms with Gasteiger partial charge in [-0.25, -0.2) is 0 Å². The molecular formula is C37H36N2O6. The zero-order valence-electron chi connectivity index (χ0n) is 26.0. The van der Waals surface area contributed by atoms with Crippen LogP contribution in [0.1, 0.15) is 48.7 Å². The average Bonchev–Trinajstić information content (AvgIpc) is 3.54. The summed E-state index contributed by atoms with van der Waals surface area (Å²) in [5.41, 5.74) is 5.81. The molecule has 0 fully saturated rings. The van der Waals surface area contributed by atoms with Crippen LogP contribution in [0.2, 0.25) is 0 Å². The van der Waals surface area contributed by atoms with Gasteiger partial charge < -0.3 is 19.1 Å². The van der Waals surface area contributed by atoms with E-state index in [-0.39, 0.29) is 24.0 Å². The second-order valence-corrected chi connectivity index (χ2v) is 12.0. The number of ketones is 1. The average molecular weight is 605 g/mol. The highest BCUT2D eigenvalue weighted by Gasteiger charge is 2.23. The summed E-state index contributed by atoms with van der Waals surface area (Å²) in [5.74, 6) is 0.186. The standard InChI is InChI=1S/C37H36N2O6/c1-37(2,3)29-16-14-25(15-17-29)32(40)21-28(36(41)42)20-23-6-8-26(9-7-23)34-38-35(45-39-34)27-12-10-24(11-13-27)31-19-18-30(43-4)22-33(31)44-5/h6-19,22,28H,20-21H2,1-5H3,(H,41,42)/t28-/m1/s1. The third-order valence-electron chi connectivity index (χ3n) is 7.83. The molecule has 8 nitrogen and oxygen atoms in total. The predicted molar refractivity (Wildman–Crippen MR) is 173 cm³/mol. The number of aromatic nitrogens is 2. The number of rotatable bonds is 11. The molecule has 0 aliphatic carbocycles. The molecule has 0 bridgehead atoms. The number of Topliss-reactive ketones (excluding diaryl/α,β-unsaturated/α-hetero) is 1. The number of carbonyl (C=O) groups is 2. The molecule has 5 aromatic rings.